The topological polar surface area (TPSA) is 62.7 Å². The van der Waals surface area contributed by atoms with Crippen molar-refractivity contribution in [2.24, 2.45) is 0 Å². The Morgan fingerprint density at radius 2 is 2.26 bits per heavy atom. The maximum atomic E-state index is 11.1. The smallest absolute Gasteiger partial charge is 0.354 e. The summed E-state index contributed by atoms with van der Waals surface area (Å²) < 4.78 is 5.57. The van der Waals surface area contributed by atoms with Gasteiger partial charge >= 0.3 is 5.97 Å². The van der Waals surface area contributed by atoms with Crippen LogP contribution in [0.2, 0.25) is 5.02 Å². The van der Waals surface area contributed by atoms with Gasteiger partial charge in [0, 0.05) is 11.6 Å². The van der Waals surface area contributed by atoms with E-state index in [1.807, 2.05) is 0 Å². The molecular formula is C13H15ClN2O3. The number of aromatic nitrogens is 1. The lowest BCUT2D eigenvalue weighted by Crippen LogP contribution is -2.61. The second-order valence-electron chi connectivity index (χ2n) is 5.12. The third-order valence-corrected chi connectivity index (χ3v) is 4.18. The Labute approximate surface area is 116 Å². The highest BCUT2D eigenvalue weighted by Crippen LogP contribution is 2.42. The lowest BCUT2D eigenvalue weighted by molar-refractivity contribution is 0.0128. The van der Waals surface area contributed by atoms with E-state index in [-0.39, 0.29) is 11.2 Å². The van der Waals surface area contributed by atoms with Crippen LogP contribution in [0.1, 0.15) is 29.8 Å². The van der Waals surface area contributed by atoms with Crippen LogP contribution in [-0.2, 0) is 4.74 Å². The number of aromatic carboxylic acids is 1. The molecule has 5 nitrogen and oxygen atoms in total. The summed E-state index contributed by atoms with van der Waals surface area (Å²) in [4.78, 5) is 17.5. The first-order chi connectivity index (χ1) is 9.11. The zero-order valence-corrected chi connectivity index (χ0v) is 11.2. The summed E-state index contributed by atoms with van der Waals surface area (Å²) in [5.74, 6) is -0.410. The third kappa shape index (κ3) is 2.17. The molecule has 1 aromatic rings. The van der Waals surface area contributed by atoms with Crippen molar-refractivity contribution in [3.8, 4) is 0 Å². The van der Waals surface area contributed by atoms with E-state index in [0.717, 1.165) is 19.4 Å². The number of morpholine rings is 1. The van der Waals surface area contributed by atoms with Crippen molar-refractivity contribution in [2.75, 3.05) is 24.7 Å². The number of anilines is 1. The summed E-state index contributed by atoms with van der Waals surface area (Å²) in [5, 5.41) is 9.47. The molecule has 0 bridgehead atoms. The van der Waals surface area contributed by atoms with Crippen molar-refractivity contribution in [3.63, 3.8) is 0 Å². The Balaban J connectivity index is 1.98. The van der Waals surface area contributed by atoms with Crippen LogP contribution in [0.15, 0.2) is 12.1 Å². The number of halogens is 1. The summed E-state index contributed by atoms with van der Waals surface area (Å²) in [6.45, 7) is 2.05. The van der Waals surface area contributed by atoms with Gasteiger partial charge in [-0.25, -0.2) is 9.78 Å². The lowest BCUT2D eigenvalue weighted by atomic mass is 9.75. The molecule has 1 saturated carbocycles. The van der Waals surface area contributed by atoms with Crippen molar-refractivity contribution in [1.82, 2.24) is 4.98 Å². The lowest BCUT2D eigenvalue weighted by Gasteiger charge is -2.53. The van der Waals surface area contributed by atoms with Gasteiger partial charge in [-0.15, -0.1) is 0 Å². The Hall–Kier alpha value is -1.33. The molecule has 0 amide bonds. The van der Waals surface area contributed by atoms with Crippen molar-refractivity contribution < 1.29 is 14.6 Å². The van der Waals surface area contributed by atoms with Crippen LogP contribution < -0.4 is 4.90 Å². The van der Waals surface area contributed by atoms with Gasteiger partial charge in [0.25, 0.3) is 0 Å². The number of hydrogen-bond donors (Lipinski definition) is 1. The predicted molar refractivity (Wildman–Crippen MR) is 71.0 cm³/mol. The van der Waals surface area contributed by atoms with Gasteiger partial charge in [-0.05, 0) is 31.4 Å². The molecule has 1 saturated heterocycles. The van der Waals surface area contributed by atoms with E-state index >= 15 is 0 Å². The number of rotatable bonds is 2. The number of carbonyl (C=O) groups is 1. The van der Waals surface area contributed by atoms with Crippen molar-refractivity contribution >= 4 is 23.4 Å². The highest BCUT2D eigenvalue weighted by atomic mass is 35.5. The first kappa shape index (κ1) is 12.7. The van der Waals surface area contributed by atoms with E-state index in [9.17, 15) is 4.79 Å². The van der Waals surface area contributed by atoms with Gasteiger partial charge < -0.3 is 14.7 Å². The molecule has 2 aliphatic rings. The first-order valence-corrected chi connectivity index (χ1v) is 6.75. The summed E-state index contributed by atoms with van der Waals surface area (Å²) in [6, 6.07) is 3.11. The molecule has 6 heteroatoms. The number of carboxylic acid groups (broad SMARTS) is 1. The SMILES string of the molecule is O=C(O)c1cc(Cl)cc(N2CCOCC23CCC3)n1. The molecule has 2 fully saturated rings. The van der Waals surface area contributed by atoms with Crippen LogP contribution in [-0.4, -0.2) is 41.4 Å². The standard InChI is InChI=1S/C13H15ClN2O3/c14-9-6-10(12(17)18)15-11(7-9)16-4-5-19-8-13(16)2-1-3-13/h6-7H,1-5,8H2,(H,17,18). The van der Waals surface area contributed by atoms with Crippen LogP contribution in [0.3, 0.4) is 0 Å². The quantitative estimate of drug-likeness (QED) is 0.901. The monoisotopic (exact) mass is 282 g/mol. The zero-order valence-electron chi connectivity index (χ0n) is 10.4. The van der Waals surface area contributed by atoms with E-state index in [4.69, 9.17) is 21.4 Å². The molecule has 0 unspecified atom stereocenters. The van der Waals surface area contributed by atoms with Gasteiger partial charge in [0.15, 0.2) is 5.69 Å². The number of pyridine rings is 1. The number of hydrogen-bond acceptors (Lipinski definition) is 4. The molecule has 0 radical (unpaired) electrons. The average molecular weight is 283 g/mol. The second kappa shape index (κ2) is 4.65. The molecule has 0 atom stereocenters. The van der Waals surface area contributed by atoms with Gasteiger partial charge in [0.1, 0.15) is 5.82 Å². The molecule has 19 heavy (non-hydrogen) atoms. The highest BCUT2D eigenvalue weighted by Gasteiger charge is 2.45. The van der Waals surface area contributed by atoms with Crippen LogP contribution in [0.5, 0.6) is 0 Å². The molecule has 1 aliphatic heterocycles. The molecular weight excluding hydrogens is 268 g/mol. The molecule has 1 N–H and O–H groups in total. The maximum Gasteiger partial charge on any atom is 0.354 e. The third-order valence-electron chi connectivity index (χ3n) is 3.96. The molecule has 1 aliphatic carbocycles. The van der Waals surface area contributed by atoms with Gasteiger partial charge in [-0.1, -0.05) is 11.6 Å². The van der Waals surface area contributed by atoms with Crippen LogP contribution >= 0.6 is 11.6 Å². The summed E-state index contributed by atoms with van der Waals surface area (Å²) in [7, 11) is 0. The zero-order chi connectivity index (χ0) is 13.5. The summed E-state index contributed by atoms with van der Waals surface area (Å²) in [5.41, 5.74) is -0.0189. The maximum absolute atomic E-state index is 11.1. The largest absolute Gasteiger partial charge is 0.477 e. The molecule has 102 valence electrons. The minimum Gasteiger partial charge on any atom is -0.477 e. The fourth-order valence-corrected chi connectivity index (χ4v) is 3.02. The molecule has 1 spiro atoms. The fraction of sp³-hybridized carbons (Fsp3) is 0.538. The van der Waals surface area contributed by atoms with Crippen molar-refractivity contribution in [2.45, 2.75) is 24.8 Å². The Kier molecular flexibility index (Phi) is 3.11. The van der Waals surface area contributed by atoms with Gasteiger partial charge in [-0.2, -0.15) is 0 Å². The summed E-state index contributed by atoms with van der Waals surface area (Å²) in [6.07, 6.45) is 3.29. The van der Waals surface area contributed by atoms with Crippen LogP contribution in [0, 0.1) is 0 Å². The van der Waals surface area contributed by atoms with Crippen LogP contribution in [0.25, 0.3) is 0 Å². The number of ether oxygens (including phenoxy) is 1. The van der Waals surface area contributed by atoms with Gasteiger partial charge in [-0.3, -0.25) is 0 Å². The number of nitrogens with zero attached hydrogens (tertiary/aromatic N) is 2. The Bertz CT molecular complexity index is 517. The van der Waals surface area contributed by atoms with Gasteiger partial charge in [0.2, 0.25) is 0 Å². The van der Waals surface area contributed by atoms with Gasteiger partial charge in [0.05, 0.1) is 18.8 Å². The number of carboxylic acids is 1. The summed E-state index contributed by atoms with van der Waals surface area (Å²) >= 11 is 6.01. The molecule has 2 heterocycles. The predicted octanol–water partition coefficient (Wildman–Crippen LogP) is 2.19. The highest BCUT2D eigenvalue weighted by molar-refractivity contribution is 6.31. The normalized spacial score (nSPS) is 21.2. The first-order valence-electron chi connectivity index (χ1n) is 6.37. The van der Waals surface area contributed by atoms with Crippen molar-refractivity contribution in [3.05, 3.63) is 22.8 Å². The van der Waals surface area contributed by atoms with E-state index in [1.54, 1.807) is 6.07 Å². The second-order valence-corrected chi connectivity index (χ2v) is 5.55. The van der Waals surface area contributed by atoms with Crippen molar-refractivity contribution in [1.29, 1.82) is 0 Å². The Morgan fingerprint density at radius 1 is 1.47 bits per heavy atom. The molecule has 0 aromatic carbocycles. The van der Waals surface area contributed by atoms with Crippen LogP contribution in [0.4, 0.5) is 5.82 Å². The fourth-order valence-electron chi connectivity index (χ4n) is 2.82. The molecule has 1 aromatic heterocycles. The van der Waals surface area contributed by atoms with E-state index < -0.39 is 5.97 Å². The Morgan fingerprint density at radius 3 is 2.89 bits per heavy atom. The van der Waals surface area contributed by atoms with E-state index in [1.165, 1.54) is 12.5 Å². The average Bonchev–Trinajstić information content (AvgIpc) is 2.36. The van der Waals surface area contributed by atoms with E-state index in [2.05, 4.69) is 9.88 Å². The van der Waals surface area contributed by atoms with E-state index in [0.29, 0.717) is 24.1 Å². The molecule has 3 rings (SSSR count). The minimum atomic E-state index is -1.06. The minimum absolute atomic E-state index is 0.00823.